The van der Waals surface area contributed by atoms with E-state index < -0.39 is 0 Å². The highest BCUT2D eigenvalue weighted by Crippen LogP contribution is 2.38. The Morgan fingerprint density at radius 3 is 2.71 bits per heavy atom. The molecule has 1 unspecified atom stereocenters. The van der Waals surface area contributed by atoms with Gasteiger partial charge in [0.05, 0.1) is 6.61 Å². The van der Waals surface area contributed by atoms with E-state index in [1.165, 1.54) is 24.8 Å². The normalized spacial score (nSPS) is 17.0. The molecule has 1 N–H and O–H groups in total. The summed E-state index contributed by atoms with van der Waals surface area (Å²) in [4.78, 5) is 0. The zero-order valence-corrected chi connectivity index (χ0v) is 10.7. The molecular formula is C15H23NO. The Morgan fingerprint density at radius 2 is 2.06 bits per heavy atom. The van der Waals surface area contributed by atoms with Gasteiger partial charge in [-0.1, -0.05) is 30.3 Å². The van der Waals surface area contributed by atoms with Gasteiger partial charge in [-0.05, 0) is 43.2 Å². The minimum Gasteiger partial charge on any atom is -0.383 e. The average Bonchev–Trinajstić information content (AvgIpc) is 3.19. The molecule has 2 nitrogen and oxygen atoms in total. The van der Waals surface area contributed by atoms with Crippen LogP contribution in [-0.4, -0.2) is 26.8 Å². The topological polar surface area (TPSA) is 21.3 Å². The molecule has 1 aromatic rings. The Kier molecular flexibility index (Phi) is 5.02. The van der Waals surface area contributed by atoms with Crippen LogP contribution < -0.4 is 5.32 Å². The van der Waals surface area contributed by atoms with Gasteiger partial charge >= 0.3 is 0 Å². The van der Waals surface area contributed by atoms with E-state index in [2.05, 4.69) is 35.6 Å². The molecule has 0 heterocycles. The molecule has 0 radical (unpaired) electrons. The molecule has 17 heavy (non-hydrogen) atoms. The fourth-order valence-corrected chi connectivity index (χ4v) is 2.35. The highest BCUT2D eigenvalue weighted by molar-refractivity contribution is 5.15. The summed E-state index contributed by atoms with van der Waals surface area (Å²) in [5, 5.41) is 3.50. The van der Waals surface area contributed by atoms with Gasteiger partial charge in [-0.3, -0.25) is 0 Å². The second-order valence-corrected chi connectivity index (χ2v) is 4.98. The molecule has 1 saturated carbocycles. The van der Waals surface area contributed by atoms with Gasteiger partial charge < -0.3 is 10.1 Å². The van der Waals surface area contributed by atoms with E-state index >= 15 is 0 Å². The molecule has 0 saturated heterocycles. The van der Waals surface area contributed by atoms with Crippen LogP contribution in [0.3, 0.4) is 0 Å². The molecule has 1 aliphatic carbocycles. The highest BCUT2D eigenvalue weighted by Gasteiger charge is 2.30. The summed E-state index contributed by atoms with van der Waals surface area (Å²) < 4.78 is 5.06. The van der Waals surface area contributed by atoms with Gasteiger partial charge in [-0.15, -0.1) is 0 Å². The van der Waals surface area contributed by atoms with Crippen molar-refractivity contribution < 1.29 is 4.74 Å². The molecule has 0 amide bonds. The summed E-state index contributed by atoms with van der Waals surface area (Å²) in [5.74, 6) is 1.75. The maximum absolute atomic E-state index is 5.06. The van der Waals surface area contributed by atoms with Gasteiger partial charge in [-0.25, -0.2) is 0 Å². The van der Waals surface area contributed by atoms with Crippen LogP contribution in [0.25, 0.3) is 0 Å². The molecule has 2 heteroatoms. The van der Waals surface area contributed by atoms with Crippen molar-refractivity contribution in [2.45, 2.75) is 19.3 Å². The fourth-order valence-electron chi connectivity index (χ4n) is 2.35. The second-order valence-electron chi connectivity index (χ2n) is 4.98. The summed E-state index contributed by atoms with van der Waals surface area (Å²) in [5.41, 5.74) is 1.47. The lowest BCUT2D eigenvalue weighted by atomic mass is 9.95. The van der Waals surface area contributed by atoms with Crippen LogP contribution in [-0.2, 0) is 11.2 Å². The third kappa shape index (κ3) is 4.49. The second kappa shape index (κ2) is 6.77. The predicted molar refractivity (Wildman–Crippen MR) is 71.1 cm³/mol. The Morgan fingerprint density at radius 1 is 1.29 bits per heavy atom. The molecule has 94 valence electrons. The molecular weight excluding hydrogens is 210 g/mol. The SMILES string of the molecule is COCCNCC(Cc1ccccc1)C1CC1. The van der Waals surface area contributed by atoms with E-state index in [4.69, 9.17) is 4.74 Å². The van der Waals surface area contributed by atoms with Crippen molar-refractivity contribution in [3.63, 3.8) is 0 Å². The van der Waals surface area contributed by atoms with Gasteiger partial charge in [0, 0.05) is 13.7 Å². The minimum atomic E-state index is 0.800. The maximum atomic E-state index is 5.06. The Hall–Kier alpha value is -0.860. The summed E-state index contributed by atoms with van der Waals surface area (Å²) >= 11 is 0. The lowest BCUT2D eigenvalue weighted by Crippen LogP contribution is -2.28. The van der Waals surface area contributed by atoms with Gasteiger partial charge in [0.15, 0.2) is 0 Å². The fraction of sp³-hybridized carbons (Fsp3) is 0.600. The van der Waals surface area contributed by atoms with Crippen LogP contribution >= 0.6 is 0 Å². The number of nitrogens with one attached hydrogen (secondary N) is 1. The van der Waals surface area contributed by atoms with Crippen LogP contribution in [0.5, 0.6) is 0 Å². The van der Waals surface area contributed by atoms with Crippen molar-refractivity contribution in [2.75, 3.05) is 26.8 Å². The Balaban J connectivity index is 1.77. The summed E-state index contributed by atoms with van der Waals surface area (Å²) in [6, 6.07) is 10.8. The number of hydrogen-bond donors (Lipinski definition) is 1. The van der Waals surface area contributed by atoms with E-state index in [9.17, 15) is 0 Å². The molecule has 1 aliphatic rings. The largest absolute Gasteiger partial charge is 0.383 e. The quantitative estimate of drug-likeness (QED) is 0.697. The molecule has 0 spiro atoms. The number of ether oxygens (including phenoxy) is 1. The van der Waals surface area contributed by atoms with Gasteiger partial charge in [0.1, 0.15) is 0 Å². The van der Waals surface area contributed by atoms with Crippen LogP contribution in [0.15, 0.2) is 30.3 Å². The van der Waals surface area contributed by atoms with E-state index in [0.717, 1.165) is 31.5 Å². The molecule has 0 bridgehead atoms. The summed E-state index contributed by atoms with van der Waals surface area (Å²) in [7, 11) is 1.75. The zero-order chi connectivity index (χ0) is 11.9. The smallest absolute Gasteiger partial charge is 0.0587 e. The summed E-state index contributed by atoms with van der Waals surface area (Å²) in [6.07, 6.45) is 4.05. The molecule has 1 fully saturated rings. The molecule has 1 aromatic carbocycles. The predicted octanol–water partition coefficient (Wildman–Crippen LogP) is 2.49. The van der Waals surface area contributed by atoms with E-state index in [1.807, 2.05) is 0 Å². The van der Waals surface area contributed by atoms with Crippen LogP contribution in [0.4, 0.5) is 0 Å². The van der Waals surface area contributed by atoms with Gasteiger partial charge in [-0.2, -0.15) is 0 Å². The Bertz CT molecular complexity index is 308. The van der Waals surface area contributed by atoms with Crippen molar-refractivity contribution in [1.29, 1.82) is 0 Å². The number of hydrogen-bond acceptors (Lipinski definition) is 2. The molecule has 0 aromatic heterocycles. The first-order chi connectivity index (χ1) is 8.40. The monoisotopic (exact) mass is 233 g/mol. The molecule has 1 atom stereocenters. The lowest BCUT2D eigenvalue weighted by molar-refractivity contribution is 0.197. The van der Waals surface area contributed by atoms with Crippen molar-refractivity contribution in [3.8, 4) is 0 Å². The first-order valence-corrected chi connectivity index (χ1v) is 6.63. The third-order valence-corrected chi connectivity index (χ3v) is 3.52. The van der Waals surface area contributed by atoms with Crippen LogP contribution in [0.2, 0.25) is 0 Å². The maximum Gasteiger partial charge on any atom is 0.0587 e. The van der Waals surface area contributed by atoms with Crippen molar-refractivity contribution in [2.24, 2.45) is 11.8 Å². The molecule has 0 aliphatic heterocycles. The van der Waals surface area contributed by atoms with E-state index in [1.54, 1.807) is 7.11 Å². The van der Waals surface area contributed by atoms with Crippen molar-refractivity contribution in [3.05, 3.63) is 35.9 Å². The van der Waals surface area contributed by atoms with Crippen LogP contribution in [0, 0.1) is 11.8 Å². The van der Waals surface area contributed by atoms with E-state index in [-0.39, 0.29) is 0 Å². The van der Waals surface area contributed by atoms with Crippen molar-refractivity contribution >= 4 is 0 Å². The third-order valence-electron chi connectivity index (χ3n) is 3.52. The summed E-state index contributed by atoms with van der Waals surface area (Å²) in [6.45, 7) is 2.90. The number of methoxy groups -OCH3 is 1. The zero-order valence-electron chi connectivity index (χ0n) is 10.7. The number of benzene rings is 1. The first kappa shape index (κ1) is 12.6. The van der Waals surface area contributed by atoms with Crippen LogP contribution in [0.1, 0.15) is 18.4 Å². The lowest BCUT2D eigenvalue weighted by Gasteiger charge is -2.17. The number of rotatable bonds is 8. The molecule has 2 rings (SSSR count). The van der Waals surface area contributed by atoms with Crippen molar-refractivity contribution in [1.82, 2.24) is 5.32 Å². The van der Waals surface area contributed by atoms with Gasteiger partial charge in [0.2, 0.25) is 0 Å². The first-order valence-electron chi connectivity index (χ1n) is 6.63. The highest BCUT2D eigenvalue weighted by atomic mass is 16.5. The van der Waals surface area contributed by atoms with Gasteiger partial charge in [0.25, 0.3) is 0 Å². The Labute approximate surface area is 104 Å². The minimum absolute atomic E-state index is 0.800. The standard InChI is InChI=1S/C15H23NO/c1-17-10-9-16-12-15(14-7-8-14)11-13-5-3-2-4-6-13/h2-6,14-16H,7-12H2,1H3. The van der Waals surface area contributed by atoms with E-state index in [0.29, 0.717) is 0 Å². The average molecular weight is 233 g/mol.